The van der Waals surface area contributed by atoms with Crippen molar-refractivity contribution in [3.63, 3.8) is 0 Å². The van der Waals surface area contributed by atoms with Gasteiger partial charge in [-0.3, -0.25) is 4.79 Å². The maximum Gasteiger partial charge on any atom is 0.273 e. The quantitative estimate of drug-likeness (QED) is 0.929. The van der Waals surface area contributed by atoms with Crippen LogP contribution in [0.4, 0.5) is 5.69 Å². The van der Waals surface area contributed by atoms with Gasteiger partial charge in [-0.1, -0.05) is 0 Å². The van der Waals surface area contributed by atoms with E-state index in [1.807, 2.05) is 32.9 Å². The van der Waals surface area contributed by atoms with Crippen molar-refractivity contribution in [2.24, 2.45) is 0 Å². The van der Waals surface area contributed by atoms with Crippen LogP contribution in [-0.4, -0.2) is 21.8 Å². The molecule has 106 valence electrons. The summed E-state index contributed by atoms with van der Waals surface area (Å²) < 4.78 is 5.54. The van der Waals surface area contributed by atoms with Gasteiger partial charge in [-0.05, 0) is 45.0 Å². The molecule has 2 rings (SSSR count). The molecule has 0 spiro atoms. The van der Waals surface area contributed by atoms with E-state index in [0.29, 0.717) is 17.9 Å². The van der Waals surface area contributed by atoms with E-state index in [1.165, 1.54) is 6.20 Å². The van der Waals surface area contributed by atoms with E-state index >= 15 is 0 Å². The van der Waals surface area contributed by atoms with Crippen molar-refractivity contribution in [3.05, 3.63) is 47.7 Å². The summed E-state index contributed by atoms with van der Waals surface area (Å²) in [6, 6.07) is 7.14. The molecular formula is C15H19N3O2. The van der Waals surface area contributed by atoms with Crippen molar-refractivity contribution < 1.29 is 9.21 Å². The van der Waals surface area contributed by atoms with Crippen LogP contribution < -0.4 is 5.73 Å². The molecule has 0 saturated heterocycles. The minimum Gasteiger partial charge on any atom is -0.464 e. The summed E-state index contributed by atoms with van der Waals surface area (Å²) in [6.45, 7) is 6.24. The Kier molecular flexibility index (Phi) is 4.08. The number of nitrogens with two attached hydrogens (primary N) is 1. The molecule has 20 heavy (non-hydrogen) atoms. The molecule has 0 aromatic carbocycles. The largest absolute Gasteiger partial charge is 0.464 e. The van der Waals surface area contributed by atoms with Crippen molar-refractivity contribution in [2.75, 3.05) is 5.73 Å². The van der Waals surface area contributed by atoms with Gasteiger partial charge in [0.2, 0.25) is 0 Å². The number of hydrogen-bond donors (Lipinski definition) is 1. The van der Waals surface area contributed by atoms with Gasteiger partial charge in [-0.25, -0.2) is 4.98 Å². The van der Waals surface area contributed by atoms with Crippen LogP contribution in [0.1, 0.15) is 35.9 Å². The van der Waals surface area contributed by atoms with Crippen molar-refractivity contribution in [1.29, 1.82) is 0 Å². The number of hydrogen-bond acceptors (Lipinski definition) is 4. The molecule has 0 atom stereocenters. The number of aromatic nitrogens is 1. The van der Waals surface area contributed by atoms with E-state index in [1.54, 1.807) is 17.0 Å². The lowest BCUT2D eigenvalue weighted by atomic mass is 10.2. The maximum atomic E-state index is 12.5. The molecule has 0 radical (unpaired) electrons. The van der Waals surface area contributed by atoms with Crippen LogP contribution >= 0.6 is 0 Å². The van der Waals surface area contributed by atoms with Crippen LogP contribution in [0.15, 0.2) is 34.9 Å². The summed E-state index contributed by atoms with van der Waals surface area (Å²) in [5, 5.41) is 0. The van der Waals surface area contributed by atoms with Crippen molar-refractivity contribution in [1.82, 2.24) is 9.88 Å². The Bertz CT molecular complexity index is 587. The van der Waals surface area contributed by atoms with Crippen LogP contribution in [0.3, 0.4) is 0 Å². The molecule has 2 aromatic heterocycles. The van der Waals surface area contributed by atoms with Gasteiger partial charge < -0.3 is 15.1 Å². The molecular weight excluding hydrogens is 254 g/mol. The molecule has 0 aliphatic heterocycles. The van der Waals surface area contributed by atoms with E-state index in [0.717, 1.165) is 11.5 Å². The second-order valence-electron chi connectivity index (χ2n) is 5.02. The predicted octanol–water partition coefficient (Wildman–Crippen LogP) is 2.62. The van der Waals surface area contributed by atoms with E-state index in [4.69, 9.17) is 10.2 Å². The first-order valence-electron chi connectivity index (χ1n) is 6.55. The molecule has 0 bridgehead atoms. The number of aryl methyl sites for hydroxylation is 1. The third-order valence-electron chi connectivity index (χ3n) is 3.01. The van der Waals surface area contributed by atoms with E-state index < -0.39 is 0 Å². The zero-order valence-corrected chi connectivity index (χ0v) is 12.0. The monoisotopic (exact) mass is 273 g/mol. The van der Waals surface area contributed by atoms with Gasteiger partial charge in [-0.15, -0.1) is 0 Å². The molecule has 0 fully saturated rings. The van der Waals surface area contributed by atoms with Gasteiger partial charge >= 0.3 is 0 Å². The molecule has 0 aliphatic carbocycles. The standard InChI is InChI=1S/C15H19N3O2/c1-10(2)18(9-13-6-4-11(3)20-13)15(19)14-7-5-12(16)8-17-14/h4-8,10H,9,16H2,1-3H3. The molecule has 5 heteroatoms. The summed E-state index contributed by atoms with van der Waals surface area (Å²) in [7, 11) is 0. The summed E-state index contributed by atoms with van der Waals surface area (Å²) in [6.07, 6.45) is 1.49. The minimum atomic E-state index is -0.131. The molecule has 5 nitrogen and oxygen atoms in total. The lowest BCUT2D eigenvalue weighted by molar-refractivity contribution is 0.0669. The molecule has 2 heterocycles. The lowest BCUT2D eigenvalue weighted by Crippen LogP contribution is -2.36. The Morgan fingerprint density at radius 1 is 1.35 bits per heavy atom. The number of furan rings is 1. The number of anilines is 1. The lowest BCUT2D eigenvalue weighted by Gasteiger charge is -2.25. The highest BCUT2D eigenvalue weighted by atomic mass is 16.3. The molecule has 2 N–H and O–H groups in total. The number of rotatable bonds is 4. The smallest absolute Gasteiger partial charge is 0.273 e. The number of nitrogens with zero attached hydrogens (tertiary/aromatic N) is 2. The molecule has 0 aliphatic rings. The number of pyridine rings is 1. The maximum absolute atomic E-state index is 12.5. The average Bonchev–Trinajstić information content (AvgIpc) is 2.81. The molecule has 0 unspecified atom stereocenters. The Labute approximate surface area is 118 Å². The fourth-order valence-corrected chi connectivity index (χ4v) is 1.91. The first-order valence-corrected chi connectivity index (χ1v) is 6.55. The third-order valence-corrected chi connectivity index (χ3v) is 3.01. The zero-order chi connectivity index (χ0) is 14.7. The second kappa shape index (κ2) is 5.77. The Hall–Kier alpha value is -2.30. The summed E-state index contributed by atoms with van der Waals surface area (Å²) in [5.41, 5.74) is 6.51. The highest BCUT2D eigenvalue weighted by molar-refractivity contribution is 5.92. The van der Waals surface area contributed by atoms with Crippen molar-refractivity contribution >= 4 is 11.6 Å². The fourth-order valence-electron chi connectivity index (χ4n) is 1.91. The van der Waals surface area contributed by atoms with Crippen molar-refractivity contribution in [3.8, 4) is 0 Å². The number of carbonyl (C=O) groups excluding carboxylic acids is 1. The normalized spacial score (nSPS) is 10.8. The van der Waals surface area contributed by atoms with Crippen LogP contribution in [0.2, 0.25) is 0 Å². The highest BCUT2D eigenvalue weighted by Crippen LogP contribution is 2.15. The van der Waals surface area contributed by atoms with E-state index in [9.17, 15) is 4.79 Å². The topological polar surface area (TPSA) is 72.4 Å². The van der Waals surface area contributed by atoms with Crippen LogP contribution in [0, 0.1) is 6.92 Å². The summed E-state index contributed by atoms with van der Waals surface area (Å²) in [4.78, 5) is 18.3. The van der Waals surface area contributed by atoms with Gasteiger partial charge in [0.1, 0.15) is 17.2 Å². The van der Waals surface area contributed by atoms with Crippen molar-refractivity contribution in [2.45, 2.75) is 33.4 Å². The fraction of sp³-hybridized carbons (Fsp3) is 0.333. The number of carbonyl (C=O) groups is 1. The van der Waals surface area contributed by atoms with Gasteiger partial charge in [0.25, 0.3) is 5.91 Å². The van der Waals surface area contributed by atoms with Gasteiger partial charge in [-0.2, -0.15) is 0 Å². The van der Waals surface area contributed by atoms with Crippen LogP contribution in [0.25, 0.3) is 0 Å². The Morgan fingerprint density at radius 3 is 2.60 bits per heavy atom. The average molecular weight is 273 g/mol. The summed E-state index contributed by atoms with van der Waals surface area (Å²) in [5.74, 6) is 1.47. The third kappa shape index (κ3) is 3.17. The minimum absolute atomic E-state index is 0.0484. The molecule has 2 aromatic rings. The van der Waals surface area contributed by atoms with Gasteiger partial charge in [0, 0.05) is 6.04 Å². The first kappa shape index (κ1) is 14.1. The van der Waals surface area contributed by atoms with Gasteiger partial charge in [0.05, 0.1) is 18.4 Å². The van der Waals surface area contributed by atoms with E-state index in [2.05, 4.69) is 4.98 Å². The second-order valence-corrected chi connectivity index (χ2v) is 5.02. The molecule has 0 saturated carbocycles. The molecule has 1 amide bonds. The Balaban J connectivity index is 2.19. The SMILES string of the molecule is Cc1ccc(CN(C(=O)c2ccc(N)cn2)C(C)C)o1. The number of amides is 1. The Morgan fingerprint density at radius 2 is 2.10 bits per heavy atom. The van der Waals surface area contributed by atoms with Crippen LogP contribution in [-0.2, 0) is 6.54 Å². The zero-order valence-electron chi connectivity index (χ0n) is 12.0. The first-order chi connectivity index (χ1) is 9.47. The predicted molar refractivity (Wildman–Crippen MR) is 77.1 cm³/mol. The summed E-state index contributed by atoms with van der Waals surface area (Å²) >= 11 is 0. The highest BCUT2D eigenvalue weighted by Gasteiger charge is 2.21. The van der Waals surface area contributed by atoms with E-state index in [-0.39, 0.29) is 11.9 Å². The van der Waals surface area contributed by atoms with Crippen LogP contribution in [0.5, 0.6) is 0 Å². The van der Waals surface area contributed by atoms with Gasteiger partial charge in [0.15, 0.2) is 0 Å². The number of nitrogen functional groups attached to an aromatic ring is 1.